The molecule has 0 spiro atoms. The smallest absolute Gasteiger partial charge is 0.225 e. The lowest BCUT2D eigenvalue weighted by molar-refractivity contribution is 0.323. The Morgan fingerprint density at radius 3 is 2.55 bits per heavy atom. The van der Waals surface area contributed by atoms with Crippen molar-refractivity contribution in [1.29, 1.82) is 0 Å². The van der Waals surface area contributed by atoms with Crippen LogP contribution in [0.4, 0.5) is 11.8 Å². The number of ether oxygens (including phenoxy) is 1. The number of rotatable bonds is 8. The maximum absolute atomic E-state index is 9.84. The first-order chi connectivity index (χ1) is 15.9. The van der Waals surface area contributed by atoms with E-state index >= 15 is 0 Å². The minimum Gasteiger partial charge on any atom is -0.504 e. The minimum absolute atomic E-state index is 0.161. The highest BCUT2D eigenvalue weighted by Crippen LogP contribution is 2.36. The number of para-hydroxylation sites is 1. The zero-order valence-corrected chi connectivity index (χ0v) is 19.5. The number of benzene rings is 2. The summed E-state index contributed by atoms with van der Waals surface area (Å²) in [4.78, 5) is 11.5. The maximum Gasteiger partial charge on any atom is 0.225 e. The molecule has 2 aromatic carbocycles. The second-order valence-corrected chi connectivity index (χ2v) is 8.94. The first-order valence-electron chi connectivity index (χ1n) is 11.4. The summed E-state index contributed by atoms with van der Waals surface area (Å²) in [5, 5.41) is 27.7. The van der Waals surface area contributed by atoms with Gasteiger partial charge in [0.05, 0.1) is 12.6 Å². The fourth-order valence-electron chi connectivity index (χ4n) is 4.49. The van der Waals surface area contributed by atoms with Gasteiger partial charge in [0, 0.05) is 32.1 Å². The molecular weight excluding hydrogens is 418 g/mol. The van der Waals surface area contributed by atoms with Gasteiger partial charge in [0.15, 0.2) is 11.5 Å². The Morgan fingerprint density at radius 2 is 1.82 bits per heavy atom. The Bertz CT molecular complexity index is 1100. The molecule has 1 aromatic heterocycles. The molecule has 4 rings (SSSR count). The van der Waals surface area contributed by atoms with Crippen LogP contribution in [-0.2, 0) is 6.54 Å². The summed E-state index contributed by atoms with van der Waals surface area (Å²) in [6.07, 6.45) is 4.41. The summed E-state index contributed by atoms with van der Waals surface area (Å²) >= 11 is 0. The van der Waals surface area contributed by atoms with Crippen molar-refractivity contribution in [3.05, 3.63) is 42.0 Å². The first kappa shape index (κ1) is 22.9. The predicted molar refractivity (Wildman–Crippen MR) is 131 cm³/mol. The largest absolute Gasteiger partial charge is 0.504 e. The van der Waals surface area contributed by atoms with Gasteiger partial charge in [-0.05, 0) is 68.0 Å². The van der Waals surface area contributed by atoms with Gasteiger partial charge in [0.1, 0.15) is 5.82 Å². The summed E-state index contributed by atoms with van der Waals surface area (Å²) in [5.41, 5.74) is 1.83. The van der Waals surface area contributed by atoms with Crippen LogP contribution in [0.2, 0.25) is 0 Å². The van der Waals surface area contributed by atoms with Gasteiger partial charge in [-0.2, -0.15) is 4.98 Å². The number of hydrogen-bond donors (Lipinski definition) is 4. The molecule has 0 unspecified atom stereocenters. The molecule has 1 heterocycles. The fraction of sp³-hybridized carbons (Fsp3) is 0.440. The van der Waals surface area contributed by atoms with Crippen molar-refractivity contribution in [1.82, 2.24) is 15.3 Å². The third-order valence-electron chi connectivity index (χ3n) is 6.28. The van der Waals surface area contributed by atoms with Crippen LogP contribution in [0.3, 0.4) is 0 Å². The summed E-state index contributed by atoms with van der Waals surface area (Å²) in [7, 11) is 5.49. The van der Waals surface area contributed by atoms with Crippen LogP contribution >= 0.6 is 0 Å². The molecule has 1 fully saturated rings. The van der Waals surface area contributed by atoms with Gasteiger partial charge < -0.3 is 30.5 Å². The summed E-state index contributed by atoms with van der Waals surface area (Å²) in [5.74, 6) is 2.13. The van der Waals surface area contributed by atoms with Crippen LogP contribution in [0.1, 0.15) is 31.2 Å². The van der Waals surface area contributed by atoms with E-state index in [2.05, 4.69) is 16.7 Å². The number of hydrogen-bond acceptors (Lipinski definition) is 8. The van der Waals surface area contributed by atoms with Crippen LogP contribution in [0.25, 0.3) is 10.9 Å². The molecule has 1 aliphatic carbocycles. The second-order valence-electron chi connectivity index (χ2n) is 8.94. The molecule has 0 atom stereocenters. The Kier molecular flexibility index (Phi) is 7.03. The van der Waals surface area contributed by atoms with Gasteiger partial charge in [0.2, 0.25) is 11.7 Å². The van der Waals surface area contributed by atoms with Crippen molar-refractivity contribution in [2.75, 3.05) is 38.0 Å². The molecule has 0 aliphatic heterocycles. The van der Waals surface area contributed by atoms with Gasteiger partial charge in [-0.25, -0.2) is 4.98 Å². The Labute approximate surface area is 194 Å². The quantitative estimate of drug-likeness (QED) is 0.383. The van der Waals surface area contributed by atoms with E-state index in [1.807, 2.05) is 37.2 Å². The zero-order valence-electron chi connectivity index (χ0n) is 19.5. The third-order valence-corrected chi connectivity index (χ3v) is 6.28. The van der Waals surface area contributed by atoms with Crippen molar-refractivity contribution in [2.45, 2.75) is 38.3 Å². The van der Waals surface area contributed by atoms with E-state index in [0.717, 1.165) is 54.5 Å². The molecule has 0 amide bonds. The van der Waals surface area contributed by atoms with Crippen molar-refractivity contribution >= 4 is 22.7 Å². The van der Waals surface area contributed by atoms with Crippen molar-refractivity contribution < 1.29 is 14.9 Å². The van der Waals surface area contributed by atoms with E-state index in [1.165, 1.54) is 7.11 Å². The summed E-state index contributed by atoms with van der Waals surface area (Å²) in [6.45, 7) is 1.52. The lowest BCUT2D eigenvalue weighted by atomic mass is 9.86. The van der Waals surface area contributed by atoms with Crippen LogP contribution in [0.5, 0.6) is 17.2 Å². The Balaban J connectivity index is 1.29. The average molecular weight is 452 g/mol. The molecule has 1 saturated carbocycles. The van der Waals surface area contributed by atoms with Gasteiger partial charge >= 0.3 is 0 Å². The highest BCUT2D eigenvalue weighted by atomic mass is 16.5. The lowest BCUT2D eigenvalue weighted by Gasteiger charge is -2.29. The van der Waals surface area contributed by atoms with E-state index < -0.39 is 0 Å². The van der Waals surface area contributed by atoms with Crippen LogP contribution in [0.15, 0.2) is 36.4 Å². The first-order valence-corrected chi connectivity index (χ1v) is 11.4. The Morgan fingerprint density at radius 1 is 1.06 bits per heavy atom. The number of aromatic nitrogens is 2. The number of fused-ring (bicyclic) bond motifs is 1. The maximum atomic E-state index is 9.84. The number of phenols is 2. The molecule has 3 aromatic rings. The molecule has 1 aliphatic rings. The van der Waals surface area contributed by atoms with Crippen LogP contribution < -0.4 is 20.3 Å². The number of anilines is 2. The molecule has 0 bridgehead atoms. The average Bonchev–Trinajstić information content (AvgIpc) is 2.81. The lowest BCUT2D eigenvalue weighted by Crippen LogP contribution is -2.31. The number of aromatic hydroxyl groups is 2. The molecule has 176 valence electrons. The Hall–Kier alpha value is -3.26. The van der Waals surface area contributed by atoms with E-state index in [0.29, 0.717) is 24.5 Å². The summed E-state index contributed by atoms with van der Waals surface area (Å²) in [6, 6.07) is 11.8. The number of phenolic OH excluding ortho intramolecular Hbond substituents is 2. The summed E-state index contributed by atoms with van der Waals surface area (Å²) < 4.78 is 5.11. The standard InChI is InChI=1S/C25H33N5O3/c1-30(2)24-19-6-4-5-7-20(19)28-25(29-24)27-18-10-8-16(9-11-18)14-26-15-17-12-21(31)23(32)22(13-17)33-3/h4-7,12-13,16,18,26,31-32H,8-11,14-15H2,1-3H3,(H,27,28,29)/t16-,18+. The van der Waals surface area contributed by atoms with E-state index in [4.69, 9.17) is 14.7 Å². The molecular formula is C25H33N5O3. The fourth-order valence-corrected chi connectivity index (χ4v) is 4.49. The van der Waals surface area contributed by atoms with Gasteiger partial charge in [0.25, 0.3) is 0 Å². The van der Waals surface area contributed by atoms with E-state index in [9.17, 15) is 10.2 Å². The molecule has 8 heteroatoms. The van der Waals surface area contributed by atoms with Crippen LogP contribution in [-0.4, -0.2) is 54.0 Å². The van der Waals surface area contributed by atoms with Crippen LogP contribution in [0, 0.1) is 5.92 Å². The predicted octanol–water partition coefficient (Wildman–Crippen LogP) is 3.88. The number of nitrogens with one attached hydrogen (secondary N) is 2. The molecule has 0 saturated heterocycles. The molecule has 8 nitrogen and oxygen atoms in total. The highest BCUT2D eigenvalue weighted by molar-refractivity contribution is 5.90. The third kappa shape index (κ3) is 5.39. The monoisotopic (exact) mass is 451 g/mol. The number of nitrogens with zero attached hydrogens (tertiary/aromatic N) is 3. The van der Waals surface area contributed by atoms with Gasteiger partial charge in [-0.1, -0.05) is 12.1 Å². The minimum atomic E-state index is -0.222. The second kappa shape index (κ2) is 10.1. The van der Waals surface area contributed by atoms with Crippen molar-refractivity contribution in [3.8, 4) is 17.2 Å². The SMILES string of the molecule is COc1cc(CNC[C@H]2CC[C@@H](Nc3nc(N(C)C)c4ccccc4n3)CC2)cc(O)c1O. The molecule has 4 N–H and O–H groups in total. The van der Waals surface area contributed by atoms with E-state index in [-0.39, 0.29) is 17.2 Å². The zero-order chi connectivity index (χ0) is 23.4. The topological polar surface area (TPSA) is 103 Å². The van der Waals surface area contributed by atoms with E-state index in [1.54, 1.807) is 12.1 Å². The number of methoxy groups -OCH3 is 1. The normalized spacial score (nSPS) is 18.3. The molecule has 33 heavy (non-hydrogen) atoms. The van der Waals surface area contributed by atoms with Crippen molar-refractivity contribution in [3.63, 3.8) is 0 Å². The van der Waals surface area contributed by atoms with Crippen molar-refractivity contribution in [2.24, 2.45) is 5.92 Å². The van der Waals surface area contributed by atoms with Gasteiger partial charge in [-0.3, -0.25) is 0 Å². The highest BCUT2D eigenvalue weighted by Gasteiger charge is 2.22. The molecule has 0 radical (unpaired) electrons. The van der Waals surface area contributed by atoms with Gasteiger partial charge in [-0.15, -0.1) is 0 Å².